The van der Waals surface area contributed by atoms with Gasteiger partial charge in [0.15, 0.2) is 11.3 Å². The number of aromatic nitrogens is 5. The zero-order chi connectivity index (χ0) is 27.9. The van der Waals surface area contributed by atoms with Crippen molar-refractivity contribution in [2.75, 3.05) is 5.32 Å². The molecule has 0 aliphatic heterocycles. The Balaban J connectivity index is 1.48. The van der Waals surface area contributed by atoms with E-state index in [-0.39, 0.29) is 28.0 Å². The first-order valence-electron chi connectivity index (χ1n) is 11.1. The highest BCUT2D eigenvalue weighted by Gasteiger charge is 2.60. The van der Waals surface area contributed by atoms with Crippen molar-refractivity contribution in [1.82, 2.24) is 24.4 Å². The van der Waals surface area contributed by atoms with Crippen molar-refractivity contribution >= 4 is 17.2 Å². The number of carbonyl (C=O) groups is 1. The van der Waals surface area contributed by atoms with E-state index in [9.17, 15) is 35.5 Å². The third kappa shape index (κ3) is 5.04. The van der Waals surface area contributed by atoms with Crippen molar-refractivity contribution in [1.29, 1.82) is 0 Å². The lowest BCUT2D eigenvalue weighted by Gasteiger charge is -2.21. The molecule has 39 heavy (non-hydrogen) atoms. The molecule has 2 aromatic carbocycles. The normalized spacial score (nSPS) is 12.2. The lowest BCUT2D eigenvalue weighted by Crippen LogP contribution is -2.36. The first-order valence-corrected chi connectivity index (χ1v) is 11.1. The lowest BCUT2D eigenvalue weighted by atomic mass is 10.1. The molecule has 200 valence electrons. The molecule has 1 amide bonds. The molecule has 3 aromatic heterocycles. The fraction of sp³-hybridized carbons (Fsp3) is 0.120. The Morgan fingerprint density at radius 3 is 2.36 bits per heavy atom. The summed E-state index contributed by atoms with van der Waals surface area (Å²) < 4.78 is 97.7. The van der Waals surface area contributed by atoms with Crippen LogP contribution in [-0.4, -0.2) is 36.5 Å². The Labute approximate surface area is 214 Å². The summed E-state index contributed by atoms with van der Waals surface area (Å²) in [5, 5.41) is 10.1. The number of nitrogens with one attached hydrogen (secondary N) is 1. The van der Waals surface area contributed by atoms with E-state index in [0.29, 0.717) is 11.6 Å². The van der Waals surface area contributed by atoms with Crippen molar-refractivity contribution in [2.45, 2.75) is 18.6 Å². The van der Waals surface area contributed by atoms with E-state index in [1.807, 2.05) is 0 Å². The molecule has 0 bridgehead atoms. The van der Waals surface area contributed by atoms with Gasteiger partial charge in [0.2, 0.25) is 0 Å². The van der Waals surface area contributed by atoms with Crippen LogP contribution < -0.4 is 5.32 Å². The van der Waals surface area contributed by atoms with Gasteiger partial charge in [-0.05, 0) is 36.4 Å². The summed E-state index contributed by atoms with van der Waals surface area (Å²) in [6.45, 7) is 0.0445. The number of nitrogens with zero attached hydrogens (tertiary/aromatic N) is 5. The third-order valence-corrected chi connectivity index (χ3v) is 5.66. The minimum absolute atomic E-state index is 0.0445. The van der Waals surface area contributed by atoms with Gasteiger partial charge < -0.3 is 5.32 Å². The maximum Gasteiger partial charge on any atom is 0.459 e. The molecule has 0 aliphatic rings. The molecule has 3 heterocycles. The van der Waals surface area contributed by atoms with Gasteiger partial charge in [-0.1, -0.05) is 18.2 Å². The van der Waals surface area contributed by atoms with Gasteiger partial charge in [0.1, 0.15) is 17.3 Å². The van der Waals surface area contributed by atoms with Crippen LogP contribution in [0.25, 0.3) is 16.9 Å². The molecule has 0 atom stereocenters. The molecule has 0 radical (unpaired) electrons. The van der Waals surface area contributed by atoms with Gasteiger partial charge in [-0.15, -0.1) is 0 Å². The van der Waals surface area contributed by atoms with Gasteiger partial charge in [-0.25, -0.2) is 18.3 Å². The first kappa shape index (κ1) is 25.9. The average molecular weight is 548 g/mol. The Hall–Kier alpha value is -4.75. The number of anilines is 1. The number of benzene rings is 2. The molecule has 0 aliphatic carbocycles. The molecule has 7 nitrogen and oxygen atoms in total. The van der Waals surface area contributed by atoms with Crippen LogP contribution in [-0.2, 0) is 12.5 Å². The highest BCUT2D eigenvalue weighted by molar-refractivity contribution is 6.03. The van der Waals surface area contributed by atoms with Crippen molar-refractivity contribution < 1.29 is 35.5 Å². The Bertz CT molecular complexity index is 1670. The molecule has 14 heteroatoms. The number of alkyl halides is 5. The van der Waals surface area contributed by atoms with Gasteiger partial charge >= 0.3 is 12.1 Å². The minimum Gasteiger partial charge on any atom is -0.318 e. The van der Waals surface area contributed by atoms with E-state index in [1.54, 1.807) is 12.1 Å². The van der Waals surface area contributed by atoms with Crippen LogP contribution in [0.3, 0.4) is 0 Å². The Morgan fingerprint density at radius 1 is 0.949 bits per heavy atom. The summed E-state index contributed by atoms with van der Waals surface area (Å²) in [4.78, 5) is 16.8. The molecule has 5 aromatic rings. The number of hydrogen-bond donors (Lipinski definition) is 1. The zero-order valence-electron chi connectivity index (χ0n) is 19.4. The van der Waals surface area contributed by atoms with E-state index >= 15 is 0 Å². The SMILES string of the molecule is O=C(Nc1cnn(Cc2ccccc2F)c1)c1cc2nc(-c3ccc(F)cc3)cc(C(F)(F)C(F)(F)F)n2n1. The third-order valence-electron chi connectivity index (χ3n) is 5.66. The molecule has 5 rings (SSSR count). The molecule has 0 spiro atoms. The monoisotopic (exact) mass is 548 g/mol. The van der Waals surface area contributed by atoms with Crippen LogP contribution in [0.5, 0.6) is 0 Å². The summed E-state index contributed by atoms with van der Waals surface area (Å²) in [7, 11) is 0. The van der Waals surface area contributed by atoms with E-state index in [0.717, 1.165) is 30.3 Å². The summed E-state index contributed by atoms with van der Waals surface area (Å²) in [6.07, 6.45) is -3.38. The summed E-state index contributed by atoms with van der Waals surface area (Å²) in [5.74, 6) is -7.42. The molecule has 0 fully saturated rings. The quantitative estimate of drug-likeness (QED) is 0.271. The van der Waals surface area contributed by atoms with Crippen LogP contribution in [0.15, 0.2) is 73.1 Å². The maximum absolute atomic E-state index is 14.5. The predicted octanol–water partition coefficient (Wildman–Crippen LogP) is 5.83. The molecule has 1 N–H and O–H groups in total. The van der Waals surface area contributed by atoms with Crippen molar-refractivity contribution in [3.05, 3.63) is 102 Å². The largest absolute Gasteiger partial charge is 0.459 e. The van der Waals surface area contributed by atoms with Crippen molar-refractivity contribution in [3.63, 3.8) is 0 Å². The van der Waals surface area contributed by atoms with E-state index < -0.39 is 46.7 Å². The topological polar surface area (TPSA) is 77.1 Å². The second-order valence-electron chi connectivity index (χ2n) is 8.38. The number of rotatable bonds is 6. The zero-order valence-corrected chi connectivity index (χ0v) is 19.4. The van der Waals surface area contributed by atoms with Crippen molar-refractivity contribution in [2.24, 2.45) is 0 Å². The van der Waals surface area contributed by atoms with E-state index in [4.69, 9.17) is 0 Å². The Morgan fingerprint density at radius 2 is 1.67 bits per heavy atom. The summed E-state index contributed by atoms with van der Waals surface area (Å²) in [5.41, 5.74) is -2.36. The van der Waals surface area contributed by atoms with Gasteiger partial charge in [-0.3, -0.25) is 9.48 Å². The number of carbonyl (C=O) groups excluding carboxylic acids is 1. The molecule has 0 saturated heterocycles. The van der Waals surface area contributed by atoms with Crippen LogP contribution in [0, 0.1) is 11.6 Å². The van der Waals surface area contributed by atoms with Gasteiger partial charge in [0.25, 0.3) is 5.91 Å². The molecule has 0 unspecified atom stereocenters. The van der Waals surface area contributed by atoms with E-state index in [1.165, 1.54) is 29.2 Å². The maximum atomic E-state index is 14.5. The van der Waals surface area contributed by atoms with Gasteiger partial charge in [-0.2, -0.15) is 32.1 Å². The van der Waals surface area contributed by atoms with Crippen LogP contribution >= 0.6 is 0 Å². The summed E-state index contributed by atoms with van der Waals surface area (Å²) in [6, 6.07) is 11.7. The minimum atomic E-state index is -5.98. The van der Waals surface area contributed by atoms with Crippen LogP contribution in [0.2, 0.25) is 0 Å². The second-order valence-corrected chi connectivity index (χ2v) is 8.38. The van der Waals surface area contributed by atoms with E-state index in [2.05, 4.69) is 20.5 Å². The standard InChI is InChI=1S/C25H15F7N6O/c26-16-7-5-14(6-8-16)19-9-21(24(28,29)25(30,31)32)38-22(35-19)10-20(36-38)23(39)34-17-11-33-37(13-17)12-15-3-1-2-4-18(15)27/h1-11,13H,12H2,(H,34,39). The number of halogens is 7. The highest BCUT2D eigenvalue weighted by atomic mass is 19.4. The van der Waals surface area contributed by atoms with Crippen LogP contribution in [0.1, 0.15) is 21.7 Å². The molecule has 0 saturated carbocycles. The first-order chi connectivity index (χ1) is 18.4. The fourth-order valence-corrected chi connectivity index (χ4v) is 3.73. The molecular weight excluding hydrogens is 533 g/mol. The fourth-order valence-electron chi connectivity index (χ4n) is 3.73. The van der Waals surface area contributed by atoms with Crippen molar-refractivity contribution in [3.8, 4) is 11.3 Å². The lowest BCUT2D eigenvalue weighted by molar-refractivity contribution is -0.291. The number of fused-ring (bicyclic) bond motifs is 1. The highest BCUT2D eigenvalue weighted by Crippen LogP contribution is 2.44. The van der Waals surface area contributed by atoms with Gasteiger partial charge in [0, 0.05) is 23.4 Å². The average Bonchev–Trinajstić information content (AvgIpc) is 3.51. The Kier molecular flexibility index (Phi) is 6.32. The number of hydrogen-bond acceptors (Lipinski definition) is 4. The second kappa shape index (κ2) is 9.53. The predicted molar refractivity (Wildman–Crippen MR) is 124 cm³/mol. The smallest absolute Gasteiger partial charge is 0.318 e. The number of amides is 1. The molecular formula is C25H15F7N6O. The van der Waals surface area contributed by atoms with Crippen LogP contribution in [0.4, 0.5) is 36.4 Å². The van der Waals surface area contributed by atoms with Gasteiger partial charge in [0.05, 0.1) is 24.1 Å². The summed E-state index contributed by atoms with van der Waals surface area (Å²) >= 11 is 0.